The van der Waals surface area contributed by atoms with Gasteiger partial charge in [-0.15, -0.1) is 0 Å². The van der Waals surface area contributed by atoms with Crippen molar-refractivity contribution < 1.29 is 9.59 Å². The van der Waals surface area contributed by atoms with Crippen LogP contribution in [0, 0.1) is 0 Å². The fraction of sp³-hybridized carbons (Fsp3) is 0.250. The normalized spacial score (nSPS) is 8.50. The van der Waals surface area contributed by atoms with Crippen LogP contribution in [0.2, 0.25) is 0 Å². The predicted octanol–water partition coefficient (Wildman–Crippen LogP) is 0.286. The average Bonchev–Trinajstić information content (AvgIpc) is 1.98. The van der Waals surface area contributed by atoms with E-state index in [1.807, 2.05) is 0 Å². The lowest BCUT2D eigenvalue weighted by Crippen LogP contribution is -2.42. The summed E-state index contributed by atoms with van der Waals surface area (Å²) in [4.78, 5) is 21.6. The summed E-state index contributed by atoms with van der Waals surface area (Å²) in [5.41, 5.74) is 4.99. The molecule has 66 valence electrons. The van der Waals surface area contributed by atoms with Gasteiger partial charge in [-0.05, 0) is 13.8 Å². The molecular weight excluding hydrogens is 156 g/mol. The monoisotopic (exact) mass is 168 g/mol. The first-order valence-corrected chi connectivity index (χ1v) is 3.37. The second kappa shape index (κ2) is 4.33. The molecule has 0 saturated heterocycles. The van der Waals surface area contributed by atoms with Crippen molar-refractivity contribution >= 4 is 11.8 Å². The molecule has 0 aromatic rings. The first kappa shape index (κ1) is 10.4. The molecule has 0 aromatic heterocycles. The van der Waals surface area contributed by atoms with E-state index < -0.39 is 11.8 Å². The molecule has 0 rings (SSSR count). The van der Waals surface area contributed by atoms with Crippen LogP contribution in [0.15, 0.2) is 24.3 Å². The third-order valence-corrected chi connectivity index (χ3v) is 1.06. The molecule has 0 aliphatic heterocycles. The third-order valence-electron chi connectivity index (χ3n) is 1.06. The Balaban J connectivity index is 3.85. The standard InChI is InChI=1S/C8H12N2O2/c1-5(2)7(11)9-10-8(12)6(3)4/h1,3H2,2,4H3,(H,9,11)(H,10,12). The number of rotatable bonds is 2. The fourth-order valence-corrected chi connectivity index (χ4v) is 0.327. The molecule has 0 bridgehead atoms. The molecule has 0 unspecified atom stereocenters. The molecule has 0 aliphatic rings. The molecule has 2 N–H and O–H groups in total. The molecule has 0 radical (unpaired) electrons. The lowest BCUT2D eigenvalue weighted by Gasteiger charge is -2.05. The Bertz CT molecular complexity index is 217. The highest BCUT2D eigenvalue weighted by Gasteiger charge is 2.03. The zero-order valence-electron chi connectivity index (χ0n) is 7.23. The Morgan fingerprint density at radius 3 is 1.33 bits per heavy atom. The van der Waals surface area contributed by atoms with Crippen molar-refractivity contribution in [2.45, 2.75) is 13.8 Å². The van der Waals surface area contributed by atoms with Crippen molar-refractivity contribution in [1.29, 1.82) is 0 Å². The van der Waals surface area contributed by atoms with Crippen molar-refractivity contribution in [3.63, 3.8) is 0 Å². The number of amides is 2. The molecule has 0 aliphatic carbocycles. The van der Waals surface area contributed by atoms with Crippen molar-refractivity contribution in [3.05, 3.63) is 24.3 Å². The number of hydrazine groups is 1. The highest BCUT2D eigenvalue weighted by atomic mass is 16.2. The molecular formula is C8H12N2O2. The van der Waals surface area contributed by atoms with Crippen LogP contribution >= 0.6 is 0 Å². The van der Waals surface area contributed by atoms with Gasteiger partial charge in [-0.2, -0.15) is 0 Å². The number of hydrogen-bond donors (Lipinski definition) is 2. The summed E-state index contributed by atoms with van der Waals surface area (Å²) in [6.45, 7) is 9.87. The van der Waals surface area contributed by atoms with E-state index in [-0.39, 0.29) is 0 Å². The van der Waals surface area contributed by atoms with Gasteiger partial charge in [0.05, 0.1) is 0 Å². The summed E-state index contributed by atoms with van der Waals surface area (Å²) in [5, 5.41) is 0. The number of nitrogens with one attached hydrogen (secondary N) is 2. The summed E-state index contributed by atoms with van der Waals surface area (Å²) >= 11 is 0. The first-order valence-electron chi connectivity index (χ1n) is 3.37. The van der Waals surface area contributed by atoms with Crippen LogP contribution in [0.3, 0.4) is 0 Å². The number of carbonyl (C=O) groups is 2. The van der Waals surface area contributed by atoms with Crippen molar-refractivity contribution in [3.8, 4) is 0 Å². The molecule has 0 spiro atoms. The Morgan fingerprint density at radius 2 is 1.17 bits per heavy atom. The molecule has 0 aromatic carbocycles. The molecule has 12 heavy (non-hydrogen) atoms. The Morgan fingerprint density at radius 1 is 0.917 bits per heavy atom. The molecule has 0 fully saturated rings. The first-order chi connectivity index (χ1) is 5.45. The van der Waals surface area contributed by atoms with Gasteiger partial charge in [0.25, 0.3) is 11.8 Å². The zero-order chi connectivity index (χ0) is 9.72. The van der Waals surface area contributed by atoms with E-state index in [2.05, 4.69) is 24.0 Å². The van der Waals surface area contributed by atoms with Gasteiger partial charge in [-0.3, -0.25) is 20.4 Å². The third kappa shape index (κ3) is 3.55. The zero-order valence-corrected chi connectivity index (χ0v) is 7.23. The van der Waals surface area contributed by atoms with E-state index in [0.717, 1.165) is 0 Å². The minimum Gasteiger partial charge on any atom is -0.268 e. The lowest BCUT2D eigenvalue weighted by molar-refractivity contribution is -0.124. The van der Waals surface area contributed by atoms with Crippen molar-refractivity contribution in [1.82, 2.24) is 10.9 Å². The molecule has 0 atom stereocenters. The topological polar surface area (TPSA) is 58.2 Å². The van der Waals surface area contributed by atoms with Gasteiger partial charge in [0.1, 0.15) is 0 Å². The van der Waals surface area contributed by atoms with Gasteiger partial charge in [0.2, 0.25) is 0 Å². The second-order valence-corrected chi connectivity index (χ2v) is 2.47. The van der Waals surface area contributed by atoms with E-state index in [1.54, 1.807) is 13.8 Å². The summed E-state index contributed by atoms with van der Waals surface area (Å²) in [5.74, 6) is -0.825. The summed E-state index contributed by atoms with van der Waals surface area (Å²) in [7, 11) is 0. The molecule has 2 amide bonds. The van der Waals surface area contributed by atoms with E-state index in [0.29, 0.717) is 11.1 Å². The summed E-state index contributed by atoms with van der Waals surface area (Å²) in [6, 6.07) is 0. The van der Waals surface area contributed by atoms with Crippen LogP contribution in [0.25, 0.3) is 0 Å². The largest absolute Gasteiger partial charge is 0.268 e. The highest BCUT2D eigenvalue weighted by Crippen LogP contribution is 1.86. The molecule has 0 heterocycles. The van der Waals surface area contributed by atoms with Crippen LogP contribution in [-0.4, -0.2) is 11.8 Å². The Kier molecular flexibility index (Phi) is 3.76. The number of carbonyl (C=O) groups excluding carboxylic acids is 2. The van der Waals surface area contributed by atoms with Gasteiger partial charge < -0.3 is 0 Å². The lowest BCUT2D eigenvalue weighted by atomic mass is 10.3. The minimum absolute atomic E-state index is 0.331. The van der Waals surface area contributed by atoms with Gasteiger partial charge >= 0.3 is 0 Å². The van der Waals surface area contributed by atoms with E-state index >= 15 is 0 Å². The average molecular weight is 168 g/mol. The summed E-state index contributed by atoms with van der Waals surface area (Å²) in [6.07, 6.45) is 0. The SMILES string of the molecule is C=C(C)C(=O)NNC(=O)C(=C)C. The van der Waals surface area contributed by atoms with Crippen LogP contribution < -0.4 is 10.9 Å². The number of hydrogen-bond acceptors (Lipinski definition) is 2. The van der Waals surface area contributed by atoms with Gasteiger partial charge in [0, 0.05) is 11.1 Å². The maximum absolute atomic E-state index is 10.8. The van der Waals surface area contributed by atoms with Crippen molar-refractivity contribution in [2.24, 2.45) is 0 Å². The second-order valence-electron chi connectivity index (χ2n) is 2.47. The van der Waals surface area contributed by atoms with Gasteiger partial charge in [0.15, 0.2) is 0 Å². The smallest absolute Gasteiger partial charge is 0.264 e. The Hall–Kier alpha value is -1.58. The van der Waals surface area contributed by atoms with Crippen LogP contribution in [0.5, 0.6) is 0 Å². The van der Waals surface area contributed by atoms with E-state index in [1.165, 1.54) is 0 Å². The highest BCUT2D eigenvalue weighted by molar-refractivity contribution is 5.97. The van der Waals surface area contributed by atoms with Gasteiger partial charge in [-0.1, -0.05) is 13.2 Å². The molecule has 4 heteroatoms. The van der Waals surface area contributed by atoms with Crippen LogP contribution in [0.4, 0.5) is 0 Å². The summed E-state index contributed by atoms with van der Waals surface area (Å²) < 4.78 is 0. The fourth-order valence-electron chi connectivity index (χ4n) is 0.327. The van der Waals surface area contributed by atoms with Crippen LogP contribution in [0.1, 0.15) is 13.8 Å². The molecule has 4 nitrogen and oxygen atoms in total. The minimum atomic E-state index is -0.412. The molecule has 0 saturated carbocycles. The van der Waals surface area contributed by atoms with Crippen molar-refractivity contribution in [2.75, 3.05) is 0 Å². The quantitative estimate of drug-likeness (QED) is 0.460. The maximum atomic E-state index is 10.8. The maximum Gasteiger partial charge on any atom is 0.264 e. The Labute approximate surface area is 71.3 Å². The predicted molar refractivity (Wildman–Crippen MR) is 45.9 cm³/mol. The van der Waals surface area contributed by atoms with Crippen LogP contribution in [-0.2, 0) is 9.59 Å². The van der Waals surface area contributed by atoms with E-state index in [9.17, 15) is 9.59 Å². The van der Waals surface area contributed by atoms with E-state index in [4.69, 9.17) is 0 Å². The van der Waals surface area contributed by atoms with Gasteiger partial charge in [-0.25, -0.2) is 0 Å².